The number of fused-ring (bicyclic) bond motifs is 1. The lowest BCUT2D eigenvalue weighted by Gasteiger charge is -2.04. The molecule has 0 atom stereocenters. The fourth-order valence-electron chi connectivity index (χ4n) is 2.19. The lowest BCUT2D eigenvalue weighted by atomic mass is 10.2. The molecule has 0 spiro atoms. The Morgan fingerprint density at radius 1 is 1.30 bits per heavy atom. The summed E-state index contributed by atoms with van der Waals surface area (Å²) in [6, 6.07) is 5.18. The molecule has 2 heterocycles. The Kier molecular flexibility index (Phi) is 3.16. The van der Waals surface area contributed by atoms with E-state index in [-0.39, 0.29) is 5.56 Å². The van der Waals surface area contributed by atoms with Crippen LogP contribution in [0.2, 0.25) is 0 Å². The van der Waals surface area contributed by atoms with Crippen molar-refractivity contribution in [1.82, 2.24) is 24.5 Å². The van der Waals surface area contributed by atoms with Gasteiger partial charge in [-0.1, -0.05) is 11.3 Å². The summed E-state index contributed by atoms with van der Waals surface area (Å²) in [6.07, 6.45) is 6.00. The van der Waals surface area contributed by atoms with Gasteiger partial charge < -0.3 is 9.67 Å². The SMILES string of the molecule is O=C(O)c1cccc2c1ncn2CCCn1ccnn1. The molecular weight excluding hydrogens is 258 g/mol. The summed E-state index contributed by atoms with van der Waals surface area (Å²) in [4.78, 5) is 15.3. The van der Waals surface area contributed by atoms with Gasteiger partial charge in [-0.2, -0.15) is 0 Å². The van der Waals surface area contributed by atoms with Crippen LogP contribution in [0, 0.1) is 0 Å². The normalized spacial score (nSPS) is 11.0. The van der Waals surface area contributed by atoms with Gasteiger partial charge in [0.2, 0.25) is 0 Å². The van der Waals surface area contributed by atoms with Gasteiger partial charge in [0.15, 0.2) is 0 Å². The number of para-hydroxylation sites is 1. The van der Waals surface area contributed by atoms with Crippen molar-refractivity contribution in [3.63, 3.8) is 0 Å². The van der Waals surface area contributed by atoms with Crippen molar-refractivity contribution >= 4 is 17.0 Å². The summed E-state index contributed by atoms with van der Waals surface area (Å²) in [6.45, 7) is 1.51. The molecule has 0 aliphatic carbocycles. The molecule has 0 aliphatic heterocycles. The number of carboxylic acid groups (broad SMARTS) is 1. The van der Waals surface area contributed by atoms with E-state index in [2.05, 4.69) is 15.3 Å². The quantitative estimate of drug-likeness (QED) is 0.758. The van der Waals surface area contributed by atoms with Crippen LogP contribution >= 0.6 is 0 Å². The Morgan fingerprint density at radius 2 is 2.20 bits per heavy atom. The molecule has 20 heavy (non-hydrogen) atoms. The summed E-state index contributed by atoms with van der Waals surface area (Å²) in [5.74, 6) is -0.955. The first kappa shape index (κ1) is 12.3. The standard InChI is InChI=1S/C13H13N5O2/c19-13(20)10-3-1-4-11-12(10)14-9-17(11)6-2-7-18-8-5-15-16-18/h1,3-5,8-9H,2,6-7H2,(H,19,20). The summed E-state index contributed by atoms with van der Waals surface area (Å²) in [5.41, 5.74) is 1.60. The highest BCUT2D eigenvalue weighted by molar-refractivity contribution is 6.00. The van der Waals surface area contributed by atoms with Crippen LogP contribution in [0.25, 0.3) is 11.0 Å². The molecule has 0 radical (unpaired) electrons. The predicted molar refractivity (Wildman–Crippen MR) is 71.3 cm³/mol. The van der Waals surface area contributed by atoms with Crippen LogP contribution in [0.15, 0.2) is 36.9 Å². The highest BCUT2D eigenvalue weighted by Gasteiger charge is 2.11. The zero-order valence-electron chi connectivity index (χ0n) is 10.7. The van der Waals surface area contributed by atoms with Gasteiger partial charge in [-0.05, 0) is 18.6 Å². The maximum absolute atomic E-state index is 11.1. The zero-order chi connectivity index (χ0) is 13.9. The van der Waals surface area contributed by atoms with Crippen LogP contribution in [0.1, 0.15) is 16.8 Å². The highest BCUT2D eigenvalue weighted by atomic mass is 16.4. The van der Waals surface area contributed by atoms with E-state index in [1.807, 2.05) is 16.8 Å². The summed E-state index contributed by atoms with van der Waals surface area (Å²) >= 11 is 0. The first-order valence-corrected chi connectivity index (χ1v) is 6.27. The van der Waals surface area contributed by atoms with Gasteiger partial charge in [0.25, 0.3) is 0 Å². The van der Waals surface area contributed by atoms with E-state index >= 15 is 0 Å². The number of aromatic carboxylic acids is 1. The third-order valence-electron chi connectivity index (χ3n) is 3.14. The maximum Gasteiger partial charge on any atom is 0.337 e. The molecule has 0 aliphatic rings. The van der Waals surface area contributed by atoms with Crippen molar-refractivity contribution in [1.29, 1.82) is 0 Å². The maximum atomic E-state index is 11.1. The number of aryl methyl sites for hydroxylation is 2. The van der Waals surface area contributed by atoms with Crippen LogP contribution in [-0.4, -0.2) is 35.6 Å². The lowest BCUT2D eigenvalue weighted by molar-refractivity contribution is 0.0699. The Morgan fingerprint density at radius 3 is 2.95 bits per heavy atom. The summed E-state index contributed by atoms with van der Waals surface area (Å²) in [5, 5.41) is 16.8. The second-order valence-electron chi connectivity index (χ2n) is 4.44. The van der Waals surface area contributed by atoms with E-state index in [0.717, 1.165) is 25.0 Å². The molecule has 0 bridgehead atoms. The number of hydrogen-bond acceptors (Lipinski definition) is 4. The second-order valence-corrected chi connectivity index (χ2v) is 4.44. The second kappa shape index (κ2) is 5.12. The van der Waals surface area contributed by atoms with Gasteiger partial charge >= 0.3 is 5.97 Å². The highest BCUT2D eigenvalue weighted by Crippen LogP contribution is 2.17. The van der Waals surface area contributed by atoms with E-state index in [1.165, 1.54) is 0 Å². The van der Waals surface area contributed by atoms with Crippen molar-refractivity contribution < 1.29 is 9.90 Å². The Labute approximate surface area is 114 Å². The minimum atomic E-state index is -0.955. The average molecular weight is 271 g/mol. The van der Waals surface area contributed by atoms with Gasteiger partial charge in [-0.25, -0.2) is 9.78 Å². The van der Waals surface area contributed by atoms with Crippen molar-refractivity contribution in [3.05, 3.63) is 42.5 Å². The monoisotopic (exact) mass is 271 g/mol. The number of carbonyl (C=O) groups is 1. The minimum absolute atomic E-state index is 0.234. The smallest absolute Gasteiger partial charge is 0.337 e. The number of nitrogens with zero attached hydrogens (tertiary/aromatic N) is 5. The fourth-order valence-corrected chi connectivity index (χ4v) is 2.19. The lowest BCUT2D eigenvalue weighted by Crippen LogP contribution is -2.04. The first-order valence-electron chi connectivity index (χ1n) is 6.27. The van der Waals surface area contributed by atoms with Gasteiger partial charge in [0.1, 0.15) is 5.52 Å². The number of hydrogen-bond donors (Lipinski definition) is 1. The molecule has 102 valence electrons. The molecule has 0 unspecified atom stereocenters. The summed E-state index contributed by atoms with van der Waals surface area (Å²) < 4.78 is 3.72. The van der Waals surface area contributed by atoms with Crippen LogP contribution in [0.5, 0.6) is 0 Å². The topological polar surface area (TPSA) is 85.8 Å². The number of rotatable bonds is 5. The van der Waals surface area contributed by atoms with Crippen LogP contribution < -0.4 is 0 Å². The molecule has 0 saturated carbocycles. The van der Waals surface area contributed by atoms with Crippen LogP contribution in [0.3, 0.4) is 0 Å². The van der Waals surface area contributed by atoms with E-state index in [4.69, 9.17) is 5.11 Å². The zero-order valence-corrected chi connectivity index (χ0v) is 10.7. The third kappa shape index (κ3) is 2.25. The van der Waals surface area contributed by atoms with Gasteiger partial charge in [0, 0.05) is 19.3 Å². The molecular formula is C13H13N5O2. The first-order chi connectivity index (χ1) is 9.75. The number of aromatic nitrogens is 5. The van der Waals surface area contributed by atoms with Gasteiger partial charge in [0.05, 0.1) is 23.6 Å². The minimum Gasteiger partial charge on any atom is -0.478 e. The van der Waals surface area contributed by atoms with E-state index < -0.39 is 5.97 Å². The Hall–Kier alpha value is -2.70. The molecule has 1 aromatic carbocycles. The fraction of sp³-hybridized carbons (Fsp3) is 0.231. The van der Waals surface area contributed by atoms with Crippen LogP contribution in [-0.2, 0) is 13.1 Å². The van der Waals surface area contributed by atoms with Crippen molar-refractivity contribution in [3.8, 4) is 0 Å². The van der Waals surface area contributed by atoms with Crippen molar-refractivity contribution in [2.24, 2.45) is 0 Å². The predicted octanol–water partition coefficient (Wildman–Crippen LogP) is 1.42. The Bertz CT molecular complexity index is 732. The number of imidazole rings is 1. The van der Waals surface area contributed by atoms with E-state index in [1.54, 1.807) is 29.3 Å². The van der Waals surface area contributed by atoms with E-state index in [0.29, 0.717) is 5.52 Å². The molecule has 3 rings (SSSR count). The van der Waals surface area contributed by atoms with Gasteiger partial charge in [-0.3, -0.25) is 4.68 Å². The molecule has 7 nitrogen and oxygen atoms in total. The van der Waals surface area contributed by atoms with Crippen molar-refractivity contribution in [2.75, 3.05) is 0 Å². The molecule has 7 heteroatoms. The number of benzene rings is 1. The molecule has 2 aromatic heterocycles. The van der Waals surface area contributed by atoms with Gasteiger partial charge in [-0.15, -0.1) is 5.10 Å². The largest absolute Gasteiger partial charge is 0.478 e. The molecule has 1 N–H and O–H groups in total. The Balaban J connectivity index is 1.79. The molecule has 3 aromatic rings. The third-order valence-corrected chi connectivity index (χ3v) is 3.14. The summed E-state index contributed by atoms with van der Waals surface area (Å²) in [7, 11) is 0. The number of carboxylic acids is 1. The van der Waals surface area contributed by atoms with E-state index in [9.17, 15) is 4.79 Å². The van der Waals surface area contributed by atoms with Crippen molar-refractivity contribution in [2.45, 2.75) is 19.5 Å². The molecule has 0 fully saturated rings. The molecule has 0 amide bonds. The average Bonchev–Trinajstić information content (AvgIpc) is 3.08. The van der Waals surface area contributed by atoms with Crippen LogP contribution in [0.4, 0.5) is 0 Å². The molecule has 0 saturated heterocycles.